The average molecular weight is 353 g/mol. The molecule has 0 saturated heterocycles. The second-order valence-corrected chi connectivity index (χ2v) is 7.77. The Bertz CT molecular complexity index is 737. The number of nitrogens with one attached hydrogen (secondary N) is 2. The first-order valence-electron chi connectivity index (χ1n) is 9.84. The number of allylic oxidation sites excluding steroid dienone is 1. The molecule has 2 N–H and O–H groups in total. The van der Waals surface area contributed by atoms with Crippen LogP contribution in [0, 0.1) is 5.92 Å². The highest BCUT2D eigenvalue weighted by Gasteiger charge is 2.27. The number of hydrogen-bond donors (Lipinski definition) is 2. The quantitative estimate of drug-likeness (QED) is 0.748. The number of urea groups is 1. The Morgan fingerprint density at radius 3 is 2.92 bits per heavy atom. The number of nitrogens with zero attached hydrogens (tertiary/aromatic N) is 1. The van der Waals surface area contributed by atoms with Crippen LogP contribution in [-0.4, -0.2) is 29.9 Å². The number of benzene rings is 1. The van der Waals surface area contributed by atoms with Crippen LogP contribution in [0.2, 0.25) is 0 Å². The molecule has 1 aliphatic heterocycles. The van der Waals surface area contributed by atoms with Gasteiger partial charge in [0.2, 0.25) is 5.91 Å². The van der Waals surface area contributed by atoms with Gasteiger partial charge in [-0.2, -0.15) is 0 Å². The monoisotopic (exact) mass is 353 g/mol. The van der Waals surface area contributed by atoms with E-state index in [1.807, 2.05) is 23.1 Å². The van der Waals surface area contributed by atoms with Gasteiger partial charge in [0.15, 0.2) is 0 Å². The van der Waals surface area contributed by atoms with Crippen LogP contribution < -0.4 is 10.6 Å². The molecule has 1 aromatic rings. The first-order valence-corrected chi connectivity index (χ1v) is 9.84. The van der Waals surface area contributed by atoms with Crippen LogP contribution in [0.15, 0.2) is 29.8 Å². The lowest BCUT2D eigenvalue weighted by atomic mass is 9.97. The van der Waals surface area contributed by atoms with Gasteiger partial charge in [0.1, 0.15) is 0 Å². The predicted octanol–water partition coefficient (Wildman–Crippen LogP) is 4.32. The number of fused-ring (bicyclic) bond motifs is 1. The molecule has 1 heterocycles. The van der Waals surface area contributed by atoms with Crippen LogP contribution in [-0.2, 0) is 11.2 Å². The summed E-state index contributed by atoms with van der Waals surface area (Å²) in [5.41, 5.74) is 4.08. The van der Waals surface area contributed by atoms with Gasteiger partial charge in [0.25, 0.3) is 0 Å². The molecule has 1 aromatic carbocycles. The summed E-state index contributed by atoms with van der Waals surface area (Å²) in [4.78, 5) is 26.3. The molecule has 4 rings (SSSR count). The van der Waals surface area contributed by atoms with E-state index < -0.39 is 0 Å². The summed E-state index contributed by atoms with van der Waals surface area (Å²) in [5.74, 6) is 0.683. The van der Waals surface area contributed by atoms with E-state index in [0.29, 0.717) is 12.3 Å². The first-order chi connectivity index (χ1) is 12.7. The Hall–Kier alpha value is -2.30. The summed E-state index contributed by atoms with van der Waals surface area (Å²) in [7, 11) is 0. The van der Waals surface area contributed by atoms with Crippen molar-refractivity contribution in [1.82, 2.24) is 4.90 Å². The number of carbonyl (C=O) groups is 2. The molecule has 3 amide bonds. The van der Waals surface area contributed by atoms with Gasteiger partial charge in [-0.25, -0.2) is 4.79 Å². The van der Waals surface area contributed by atoms with Crippen molar-refractivity contribution >= 4 is 23.3 Å². The minimum atomic E-state index is -0.0226. The Morgan fingerprint density at radius 1 is 1.27 bits per heavy atom. The molecule has 138 valence electrons. The van der Waals surface area contributed by atoms with Crippen LogP contribution >= 0.6 is 0 Å². The number of hydrogen-bond acceptors (Lipinski definition) is 2. The fourth-order valence-electron chi connectivity index (χ4n) is 3.81. The van der Waals surface area contributed by atoms with Crippen LogP contribution in [0.1, 0.15) is 50.5 Å². The molecular formula is C21H27N3O2. The zero-order valence-electron chi connectivity index (χ0n) is 15.2. The predicted molar refractivity (Wildman–Crippen MR) is 103 cm³/mol. The number of rotatable bonds is 6. The van der Waals surface area contributed by atoms with Crippen LogP contribution in [0.5, 0.6) is 0 Å². The minimum Gasteiger partial charge on any atom is -0.326 e. The third-order valence-corrected chi connectivity index (χ3v) is 5.53. The summed E-state index contributed by atoms with van der Waals surface area (Å²) in [5, 5.41) is 5.86. The standard InChI is InChI=1S/C21H27N3O2/c25-20-13-17-12-18(8-9-19(17)23-20)22-21(26)24(14-16-6-7-16)11-10-15-4-2-1-3-5-15/h4,8-9,12,16H,1-3,5-7,10-11,13-14H2,(H,22,26)(H,23,25). The second-order valence-electron chi connectivity index (χ2n) is 7.77. The Balaban J connectivity index is 1.38. The fraction of sp³-hybridized carbons (Fsp3) is 0.524. The van der Waals surface area contributed by atoms with E-state index in [1.165, 1.54) is 44.1 Å². The van der Waals surface area contributed by atoms with Crippen molar-refractivity contribution in [3.8, 4) is 0 Å². The molecule has 0 aromatic heterocycles. The number of amides is 3. The Labute approximate surface area is 154 Å². The largest absolute Gasteiger partial charge is 0.326 e. The van der Waals surface area contributed by atoms with Crippen molar-refractivity contribution in [2.24, 2.45) is 5.92 Å². The third kappa shape index (κ3) is 4.26. The zero-order chi connectivity index (χ0) is 17.9. The first kappa shape index (κ1) is 17.1. The molecule has 1 saturated carbocycles. The number of carbonyl (C=O) groups excluding carboxylic acids is 2. The van der Waals surface area contributed by atoms with E-state index >= 15 is 0 Å². The average Bonchev–Trinajstić information content (AvgIpc) is 3.38. The van der Waals surface area contributed by atoms with Crippen LogP contribution in [0.25, 0.3) is 0 Å². The molecular weight excluding hydrogens is 326 g/mol. The summed E-state index contributed by atoms with van der Waals surface area (Å²) in [6, 6.07) is 5.62. The van der Waals surface area contributed by atoms with E-state index in [1.54, 1.807) is 0 Å². The highest BCUT2D eigenvalue weighted by Crippen LogP contribution is 2.31. The fourth-order valence-corrected chi connectivity index (χ4v) is 3.81. The summed E-state index contributed by atoms with van der Waals surface area (Å²) in [6.07, 6.45) is 11.2. The van der Waals surface area contributed by atoms with Gasteiger partial charge in [-0.15, -0.1) is 0 Å². The van der Waals surface area contributed by atoms with E-state index in [9.17, 15) is 9.59 Å². The van der Waals surface area contributed by atoms with Gasteiger partial charge in [-0.3, -0.25) is 4.79 Å². The van der Waals surface area contributed by atoms with Gasteiger partial charge in [0, 0.05) is 24.5 Å². The van der Waals surface area contributed by atoms with Gasteiger partial charge in [0.05, 0.1) is 6.42 Å². The Morgan fingerprint density at radius 2 is 2.15 bits per heavy atom. The highest BCUT2D eigenvalue weighted by molar-refractivity contribution is 6.00. The van der Waals surface area contributed by atoms with E-state index in [-0.39, 0.29) is 11.9 Å². The third-order valence-electron chi connectivity index (χ3n) is 5.53. The van der Waals surface area contributed by atoms with Crippen molar-refractivity contribution in [2.75, 3.05) is 23.7 Å². The summed E-state index contributed by atoms with van der Waals surface area (Å²) >= 11 is 0. The lowest BCUT2D eigenvalue weighted by Gasteiger charge is -2.24. The molecule has 0 bridgehead atoms. The maximum atomic E-state index is 12.8. The van der Waals surface area contributed by atoms with Gasteiger partial charge < -0.3 is 15.5 Å². The minimum absolute atomic E-state index is 0.0135. The van der Waals surface area contributed by atoms with E-state index in [2.05, 4.69) is 16.7 Å². The van der Waals surface area contributed by atoms with Gasteiger partial charge in [-0.05, 0) is 74.6 Å². The summed E-state index contributed by atoms with van der Waals surface area (Å²) in [6.45, 7) is 1.64. The highest BCUT2D eigenvalue weighted by atomic mass is 16.2. The summed E-state index contributed by atoms with van der Waals surface area (Å²) < 4.78 is 0. The molecule has 0 spiro atoms. The van der Waals surface area contributed by atoms with Crippen molar-refractivity contribution in [3.05, 3.63) is 35.4 Å². The molecule has 5 nitrogen and oxygen atoms in total. The molecule has 0 atom stereocenters. The SMILES string of the molecule is O=C1Cc2cc(NC(=O)N(CCC3=CCCCC3)CC3CC3)ccc2N1. The van der Waals surface area contributed by atoms with Crippen LogP contribution in [0.4, 0.5) is 16.2 Å². The molecule has 5 heteroatoms. The van der Waals surface area contributed by atoms with Crippen molar-refractivity contribution in [3.63, 3.8) is 0 Å². The maximum Gasteiger partial charge on any atom is 0.321 e. The smallest absolute Gasteiger partial charge is 0.321 e. The molecule has 3 aliphatic rings. The topological polar surface area (TPSA) is 61.4 Å². The second kappa shape index (κ2) is 7.52. The number of anilines is 2. The van der Waals surface area contributed by atoms with Crippen LogP contribution in [0.3, 0.4) is 0 Å². The lowest BCUT2D eigenvalue weighted by molar-refractivity contribution is -0.115. The van der Waals surface area contributed by atoms with Crippen molar-refractivity contribution in [1.29, 1.82) is 0 Å². The van der Waals surface area contributed by atoms with E-state index in [0.717, 1.165) is 36.4 Å². The van der Waals surface area contributed by atoms with Crippen molar-refractivity contribution in [2.45, 2.75) is 51.4 Å². The van der Waals surface area contributed by atoms with Gasteiger partial charge >= 0.3 is 6.03 Å². The normalized spacial score (nSPS) is 18.8. The molecule has 0 unspecified atom stereocenters. The molecule has 26 heavy (non-hydrogen) atoms. The van der Waals surface area contributed by atoms with Crippen molar-refractivity contribution < 1.29 is 9.59 Å². The molecule has 0 radical (unpaired) electrons. The van der Waals surface area contributed by atoms with E-state index in [4.69, 9.17) is 0 Å². The molecule has 2 aliphatic carbocycles. The lowest BCUT2D eigenvalue weighted by Crippen LogP contribution is -2.37. The Kier molecular flexibility index (Phi) is 4.96. The molecule has 1 fully saturated rings. The zero-order valence-corrected chi connectivity index (χ0v) is 15.2. The van der Waals surface area contributed by atoms with Gasteiger partial charge in [-0.1, -0.05) is 11.6 Å². The maximum absolute atomic E-state index is 12.8.